The summed E-state index contributed by atoms with van der Waals surface area (Å²) in [6.07, 6.45) is 1.44. The van der Waals surface area contributed by atoms with Gasteiger partial charge in [0.05, 0.1) is 7.11 Å². The average molecular weight is 141 g/mol. The van der Waals surface area contributed by atoms with E-state index in [1.807, 2.05) is 0 Å². The lowest BCUT2D eigenvalue weighted by Crippen LogP contribution is -2.08. The van der Waals surface area contributed by atoms with E-state index in [1.165, 1.54) is 18.0 Å². The third-order valence-electron chi connectivity index (χ3n) is 1.08. The molecule has 0 bridgehead atoms. The van der Waals surface area contributed by atoms with E-state index < -0.39 is 5.97 Å². The number of aromatic nitrogens is 3. The van der Waals surface area contributed by atoms with Gasteiger partial charge in [-0.25, -0.2) is 4.79 Å². The van der Waals surface area contributed by atoms with Gasteiger partial charge >= 0.3 is 5.97 Å². The highest BCUT2D eigenvalue weighted by Crippen LogP contribution is 1.92. The van der Waals surface area contributed by atoms with Crippen LogP contribution in [0.1, 0.15) is 10.6 Å². The molecule has 0 saturated carbocycles. The molecule has 0 radical (unpaired) electrons. The number of carbonyl (C=O) groups is 1. The zero-order chi connectivity index (χ0) is 7.56. The van der Waals surface area contributed by atoms with E-state index in [0.717, 1.165) is 0 Å². The van der Waals surface area contributed by atoms with Crippen LogP contribution < -0.4 is 0 Å². The van der Waals surface area contributed by atoms with Crippen LogP contribution in [0, 0.1) is 0 Å². The first-order valence-corrected chi connectivity index (χ1v) is 2.68. The zero-order valence-corrected chi connectivity index (χ0v) is 5.74. The summed E-state index contributed by atoms with van der Waals surface area (Å²) in [6.45, 7) is 0. The van der Waals surface area contributed by atoms with Gasteiger partial charge in [0.15, 0.2) is 0 Å². The van der Waals surface area contributed by atoms with Crippen molar-refractivity contribution < 1.29 is 9.53 Å². The molecule has 0 aliphatic heterocycles. The Morgan fingerprint density at radius 3 is 2.90 bits per heavy atom. The first-order valence-electron chi connectivity index (χ1n) is 2.68. The number of hydrogen-bond acceptors (Lipinski definition) is 4. The summed E-state index contributed by atoms with van der Waals surface area (Å²) in [7, 11) is 2.98. The minimum atomic E-state index is -0.472. The molecule has 1 aromatic heterocycles. The van der Waals surface area contributed by atoms with Gasteiger partial charge in [0.2, 0.25) is 5.82 Å². The maximum absolute atomic E-state index is 10.7. The molecule has 1 heterocycles. The number of methoxy groups -OCH3 is 1. The predicted molar refractivity (Wildman–Crippen MR) is 32.3 cm³/mol. The lowest BCUT2D eigenvalue weighted by atomic mass is 10.6. The Morgan fingerprint density at radius 2 is 2.50 bits per heavy atom. The number of aryl methyl sites for hydroxylation is 1. The van der Waals surface area contributed by atoms with Gasteiger partial charge in [0, 0.05) is 7.05 Å². The Labute approximate surface area is 57.6 Å². The number of carbonyl (C=O) groups excluding carboxylic acids is 1. The molecule has 0 amide bonds. The van der Waals surface area contributed by atoms with Crippen LogP contribution in [-0.2, 0) is 11.8 Å². The van der Waals surface area contributed by atoms with Crippen LogP contribution in [0.25, 0.3) is 0 Å². The van der Waals surface area contributed by atoms with E-state index in [4.69, 9.17) is 0 Å². The summed E-state index contributed by atoms with van der Waals surface area (Å²) >= 11 is 0. The van der Waals surface area contributed by atoms with Crippen LogP contribution in [0.2, 0.25) is 0 Å². The quantitative estimate of drug-likeness (QED) is 0.499. The van der Waals surface area contributed by atoms with Crippen LogP contribution >= 0.6 is 0 Å². The highest BCUT2D eigenvalue weighted by molar-refractivity contribution is 5.85. The van der Waals surface area contributed by atoms with Crippen molar-refractivity contribution in [3.63, 3.8) is 0 Å². The van der Waals surface area contributed by atoms with Crippen molar-refractivity contribution in [2.45, 2.75) is 0 Å². The lowest BCUT2D eigenvalue weighted by molar-refractivity contribution is 0.0582. The van der Waals surface area contributed by atoms with Crippen LogP contribution in [-0.4, -0.2) is 27.8 Å². The van der Waals surface area contributed by atoms with Crippen molar-refractivity contribution >= 4 is 5.97 Å². The summed E-state index contributed by atoms with van der Waals surface area (Å²) < 4.78 is 5.91. The SMILES string of the molecule is COC(=O)c1nncn1C. The Bertz CT molecular complexity index is 243. The van der Waals surface area contributed by atoms with Crippen molar-refractivity contribution in [2.75, 3.05) is 7.11 Å². The topological polar surface area (TPSA) is 57.0 Å². The molecule has 5 nitrogen and oxygen atoms in total. The molecule has 54 valence electrons. The summed E-state index contributed by atoms with van der Waals surface area (Å²) in [5.74, 6) is -0.262. The maximum atomic E-state index is 10.7. The molecule has 1 rings (SSSR count). The van der Waals surface area contributed by atoms with Gasteiger partial charge in [0.1, 0.15) is 6.33 Å². The average Bonchev–Trinajstić information content (AvgIpc) is 2.34. The Hall–Kier alpha value is -1.39. The van der Waals surface area contributed by atoms with Gasteiger partial charge in [-0.2, -0.15) is 0 Å². The Morgan fingerprint density at radius 1 is 1.80 bits per heavy atom. The van der Waals surface area contributed by atoms with E-state index in [9.17, 15) is 4.79 Å². The largest absolute Gasteiger partial charge is 0.463 e. The molecule has 0 N–H and O–H groups in total. The highest BCUT2D eigenvalue weighted by Gasteiger charge is 2.10. The van der Waals surface area contributed by atoms with Crippen molar-refractivity contribution in [3.05, 3.63) is 12.2 Å². The number of hydrogen-bond donors (Lipinski definition) is 0. The van der Waals surface area contributed by atoms with Crippen LogP contribution in [0.15, 0.2) is 6.33 Å². The first kappa shape index (κ1) is 6.73. The number of esters is 1. The molecule has 0 aromatic carbocycles. The smallest absolute Gasteiger partial charge is 0.376 e. The molecule has 0 saturated heterocycles. The van der Waals surface area contributed by atoms with Gasteiger partial charge < -0.3 is 9.30 Å². The van der Waals surface area contributed by atoms with Crippen LogP contribution in [0.3, 0.4) is 0 Å². The first-order chi connectivity index (χ1) is 4.75. The van der Waals surface area contributed by atoms with Crippen molar-refractivity contribution in [3.8, 4) is 0 Å². The number of rotatable bonds is 1. The minimum Gasteiger partial charge on any atom is -0.463 e. The third kappa shape index (κ3) is 0.975. The standard InChI is InChI=1S/C5H7N3O2/c1-8-3-6-7-4(8)5(9)10-2/h3H,1-2H3. The van der Waals surface area contributed by atoms with E-state index in [2.05, 4.69) is 14.9 Å². The molecular weight excluding hydrogens is 134 g/mol. The fraction of sp³-hybridized carbons (Fsp3) is 0.400. The second kappa shape index (κ2) is 2.47. The molecule has 0 fully saturated rings. The monoisotopic (exact) mass is 141 g/mol. The van der Waals surface area contributed by atoms with E-state index in [0.29, 0.717) is 0 Å². The molecule has 0 unspecified atom stereocenters. The molecule has 0 spiro atoms. The van der Waals surface area contributed by atoms with Crippen molar-refractivity contribution in [2.24, 2.45) is 7.05 Å². The predicted octanol–water partition coefficient (Wildman–Crippen LogP) is -0.398. The highest BCUT2D eigenvalue weighted by atomic mass is 16.5. The third-order valence-corrected chi connectivity index (χ3v) is 1.08. The molecule has 0 atom stereocenters. The fourth-order valence-electron chi connectivity index (χ4n) is 0.559. The molecule has 1 aromatic rings. The van der Waals surface area contributed by atoms with Crippen molar-refractivity contribution in [1.29, 1.82) is 0 Å². The molecule has 0 aliphatic carbocycles. The zero-order valence-electron chi connectivity index (χ0n) is 5.74. The van der Waals surface area contributed by atoms with Gasteiger partial charge in [0.25, 0.3) is 0 Å². The summed E-state index contributed by atoms with van der Waals surface area (Å²) in [5, 5.41) is 7.03. The second-order valence-corrected chi connectivity index (χ2v) is 1.76. The van der Waals surface area contributed by atoms with E-state index >= 15 is 0 Å². The van der Waals surface area contributed by atoms with Gasteiger partial charge in [-0.15, -0.1) is 10.2 Å². The van der Waals surface area contributed by atoms with E-state index in [1.54, 1.807) is 7.05 Å². The molecule has 0 aliphatic rings. The molecular formula is C5H7N3O2. The van der Waals surface area contributed by atoms with Crippen LogP contribution in [0.4, 0.5) is 0 Å². The lowest BCUT2D eigenvalue weighted by Gasteiger charge is -1.94. The van der Waals surface area contributed by atoms with Gasteiger partial charge in [-0.1, -0.05) is 0 Å². The molecule has 10 heavy (non-hydrogen) atoms. The van der Waals surface area contributed by atoms with Crippen molar-refractivity contribution in [1.82, 2.24) is 14.8 Å². The second-order valence-electron chi connectivity index (χ2n) is 1.76. The van der Waals surface area contributed by atoms with E-state index in [-0.39, 0.29) is 5.82 Å². The van der Waals surface area contributed by atoms with Gasteiger partial charge in [-0.3, -0.25) is 0 Å². The maximum Gasteiger partial charge on any atom is 0.376 e. The fourth-order valence-corrected chi connectivity index (χ4v) is 0.559. The normalized spacial score (nSPS) is 9.40. The number of nitrogens with zero attached hydrogens (tertiary/aromatic N) is 3. The molecule has 5 heteroatoms. The Balaban J connectivity index is 2.93. The Kier molecular flexibility index (Phi) is 1.66. The summed E-state index contributed by atoms with van der Waals surface area (Å²) in [5.41, 5.74) is 0. The summed E-state index contributed by atoms with van der Waals surface area (Å²) in [6, 6.07) is 0. The minimum absolute atomic E-state index is 0.211. The van der Waals surface area contributed by atoms with Gasteiger partial charge in [-0.05, 0) is 0 Å². The number of ether oxygens (including phenoxy) is 1. The summed E-state index contributed by atoms with van der Waals surface area (Å²) in [4.78, 5) is 10.7. The van der Waals surface area contributed by atoms with Crippen LogP contribution in [0.5, 0.6) is 0 Å².